The molecule has 12 nitrogen and oxygen atoms in total. The lowest BCUT2D eigenvalue weighted by atomic mass is 9.92. The van der Waals surface area contributed by atoms with Gasteiger partial charge in [0.25, 0.3) is 5.91 Å². The van der Waals surface area contributed by atoms with Crippen LogP contribution in [0.2, 0.25) is 0 Å². The number of carbonyl (C=O) groups excluding carboxylic acids is 3. The Morgan fingerprint density at radius 2 is 1.47 bits per heavy atom. The summed E-state index contributed by atoms with van der Waals surface area (Å²) in [5, 5.41) is 8.56. The number of rotatable bonds is 18. The van der Waals surface area contributed by atoms with Gasteiger partial charge in [0.2, 0.25) is 0 Å². The van der Waals surface area contributed by atoms with Crippen LogP contribution < -0.4 is 4.74 Å². The average molecular weight is 652 g/mol. The number of ketones is 2. The van der Waals surface area contributed by atoms with Crippen molar-refractivity contribution in [2.45, 2.75) is 51.4 Å². The van der Waals surface area contributed by atoms with Gasteiger partial charge in [-0.2, -0.15) is 0 Å². The molecular formula is C35H45N3O9. The zero-order chi connectivity index (χ0) is 33.0. The van der Waals surface area contributed by atoms with Crippen molar-refractivity contribution < 1.29 is 43.2 Å². The molecule has 2 fully saturated rings. The van der Waals surface area contributed by atoms with Gasteiger partial charge in [-0.15, -0.1) is 0 Å². The molecule has 2 aromatic carbocycles. The van der Waals surface area contributed by atoms with Crippen molar-refractivity contribution in [3.8, 4) is 5.75 Å². The topological polar surface area (TPSA) is 135 Å². The largest absolute Gasteiger partial charge is 0.489 e. The second kappa shape index (κ2) is 17.5. The molecule has 12 heteroatoms. The molecule has 47 heavy (non-hydrogen) atoms. The second-order valence-corrected chi connectivity index (χ2v) is 12.2. The van der Waals surface area contributed by atoms with Gasteiger partial charge in [-0.1, -0.05) is 30.3 Å². The molecule has 1 saturated carbocycles. The van der Waals surface area contributed by atoms with Crippen molar-refractivity contribution in [3.05, 3.63) is 64.7 Å². The molecule has 2 heterocycles. The predicted octanol–water partition coefficient (Wildman–Crippen LogP) is 2.55. The fourth-order valence-electron chi connectivity index (χ4n) is 6.13. The molecule has 1 saturated heterocycles. The number of amides is 1. The van der Waals surface area contributed by atoms with E-state index in [1.54, 1.807) is 11.0 Å². The molecule has 2 aliphatic heterocycles. The van der Waals surface area contributed by atoms with Crippen LogP contribution >= 0.6 is 0 Å². The van der Waals surface area contributed by atoms with E-state index in [0.717, 1.165) is 50.4 Å². The van der Waals surface area contributed by atoms with Crippen LogP contribution in [0.5, 0.6) is 5.75 Å². The summed E-state index contributed by atoms with van der Waals surface area (Å²) < 4.78 is 22.5. The summed E-state index contributed by atoms with van der Waals surface area (Å²) in [6.45, 7) is 9.12. The molecule has 1 aliphatic carbocycles. The third-order valence-corrected chi connectivity index (χ3v) is 8.81. The summed E-state index contributed by atoms with van der Waals surface area (Å²) in [7, 11) is 0. The third kappa shape index (κ3) is 10.2. The van der Waals surface area contributed by atoms with Crippen LogP contribution in [0.15, 0.2) is 42.5 Å². The minimum absolute atomic E-state index is 0.00383. The number of carboxylic acids is 1. The van der Waals surface area contributed by atoms with Crippen LogP contribution in [0.1, 0.15) is 52.7 Å². The Labute approximate surface area is 275 Å². The molecule has 2 aromatic rings. The summed E-state index contributed by atoms with van der Waals surface area (Å²) in [6.07, 6.45) is 0.635. The quantitative estimate of drug-likeness (QED) is 0.188. The molecule has 5 rings (SSSR count). The predicted molar refractivity (Wildman–Crippen MR) is 171 cm³/mol. The van der Waals surface area contributed by atoms with Crippen molar-refractivity contribution in [3.63, 3.8) is 0 Å². The molecule has 254 valence electrons. The Morgan fingerprint density at radius 1 is 0.809 bits per heavy atom. The van der Waals surface area contributed by atoms with Crippen molar-refractivity contribution in [1.29, 1.82) is 0 Å². The number of ether oxygens (including phenoxy) is 4. The van der Waals surface area contributed by atoms with E-state index in [1.807, 2.05) is 12.1 Å². The second-order valence-electron chi connectivity index (χ2n) is 12.2. The van der Waals surface area contributed by atoms with Crippen LogP contribution in [-0.4, -0.2) is 122 Å². The van der Waals surface area contributed by atoms with Crippen molar-refractivity contribution in [2.24, 2.45) is 0 Å². The van der Waals surface area contributed by atoms with Gasteiger partial charge in [0.05, 0.1) is 65.1 Å². The summed E-state index contributed by atoms with van der Waals surface area (Å²) in [5.74, 6) is -0.617. The Balaban J connectivity index is 0.963. The maximum Gasteiger partial charge on any atom is 0.305 e. The lowest BCUT2D eigenvalue weighted by Gasteiger charge is -2.34. The fraction of sp³-hybridized carbons (Fsp3) is 0.543. The van der Waals surface area contributed by atoms with Crippen molar-refractivity contribution in [1.82, 2.24) is 14.7 Å². The van der Waals surface area contributed by atoms with Crippen LogP contribution in [0.25, 0.3) is 0 Å². The molecule has 0 unspecified atom stereocenters. The van der Waals surface area contributed by atoms with Gasteiger partial charge in [0.1, 0.15) is 18.1 Å². The highest BCUT2D eigenvalue weighted by Gasteiger charge is 2.40. The number of nitrogens with zero attached hydrogens (tertiary/aromatic N) is 3. The standard InChI is InChI=1S/C35H45N3O9/c39-28-8-9-31(32(40)22-28)38-24-30-29(35(38)43)2-1-3-33(30)47-25-27-6-4-26(5-7-27)23-37-13-11-36(12-14-37)15-17-45-19-21-46-20-18-44-16-10-34(41)42/h1-7,31H,8-25H2,(H,41,42)/t31-/m0/s1. The first-order valence-electron chi connectivity index (χ1n) is 16.4. The number of aliphatic carboxylic acids is 1. The molecular weight excluding hydrogens is 606 g/mol. The number of Topliss-reactive ketones (excluding diaryl/α,β-unsaturated/α-hetero) is 2. The van der Waals surface area contributed by atoms with E-state index in [4.69, 9.17) is 24.1 Å². The van der Waals surface area contributed by atoms with E-state index >= 15 is 0 Å². The molecule has 0 aromatic heterocycles. The van der Waals surface area contributed by atoms with E-state index in [9.17, 15) is 19.2 Å². The van der Waals surface area contributed by atoms with Crippen LogP contribution in [0, 0.1) is 0 Å². The minimum atomic E-state index is -0.866. The van der Waals surface area contributed by atoms with Gasteiger partial charge in [-0.25, -0.2) is 0 Å². The van der Waals surface area contributed by atoms with Gasteiger partial charge >= 0.3 is 5.97 Å². The number of hydrogen-bond donors (Lipinski definition) is 1. The highest BCUT2D eigenvalue weighted by Crippen LogP contribution is 2.34. The summed E-state index contributed by atoms with van der Waals surface area (Å²) in [4.78, 5) is 54.2. The number of fused-ring (bicyclic) bond motifs is 1. The van der Waals surface area contributed by atoms with Crippen LogP contribution in [0.3, 0.4) is 0 Å². The first-order chi connectivity index (χ1) is 22.9. The Kier molecular flexibility index (Phi) is 12.9. The molecule has 1 atom stereocenters. The zero-order valence-electron chi connectivity index (χ0n) is 26.9. The lowest BCUT2D eigenvalue weighted by molar-refractivity contribution is -0.138. The van der Waals surface area contributed by atoms with E-state index in [0.29, 0.717) is 70.3 Å². The van der Waals surface area contributed by atoms with Gasteiger partial charge in [-0.05, 0) is 29.7 Å². The summed E-state index contributed by atoms with van der Waals surface area (Å²) in [5.41, 5.74) is 3.64. The number of benzene rings is 2. The lowest BCUT2D eigenvalue weighted by Crippen LogP contribution is -2.46. The van der Waals surface area contributed by atoms with E-state index < -0.39 is 12.0 Å². The Bertz CT molecular complexity index is 1370. The number of carbonyl (C=O) groups is 4. The molecule has 0 spiro atoms. The normalized spacial score (nSPS) is 18.9. The summed E-state index contributed by atoms with van der Waals surface area (Å²) >= 11 is 0. The molecule has 1 amide bonds. The third-order valence-electron chi connectivity index (χ3n) is 8.81. The van der Waals surface area contributed by atoms with E-state index in [-0.39, 0.29) is 36.9 Å². The fourth-order valence-corrected chi connectivity index (χ4v) is 6.13. The molecule has 0 bridgehead atoms. The number of piperazine rings is 1. The first-order valence-corrected chi connectivity index (χ1v) is 16.4. The molecule has 1 N–H and O–H groups in total. The summed E-state index contributed by atoms with van der Waals surface area (Å²) in [6, 6.07) is 13.3. The highest BCUT2D eigenvalue weighted by molar-refractivity contribution is 6.07. The smallest absolute Gasteiger partial charge is 0.305 e. The SMILES string of the molecule is O=C(O)CCOCCOCCOCCN1CCN(Cc2ccc(COc3cccc4c3CN([C@H]3CCC(=O)CC3=O)C4=O)cc2)CC1. The van der Waals surface area contributed by atoms with Gasteiger partial charge < -0.3 is 29.0 Å². The Morgan fingerprint density at radius 3 is 2.17 bits per heavy atom. The van der Waals surface area contributed by atoms with Gasteiger partial charge in [0, 0.05) is 56.8 Å². The maximum atomic E-state index is 13.1. The maximum absolute atomic E-state index is 13.1. The number of carboxylic acid groups (broad SMARTS) is 1. The first kappa shape index (κ1) is 34.6. The molecule has 3 aliphatic rings. The molecule has 0 radical (unpaired) electrons. The van der Waals surface area contributed by atoms with E-state index in [1.165, 1.54) is 5.56 Å². The average Bonchev–Trinajstić information content (AvgIpc) is 3.40. The minimum Gasteiger partial charge on any atom is -0.489 e. The van der Waals surface area contributed by atoms with Crippen molar-refractivity contribution >= 4 is 23.4 Å². The Hall–Kier alpha value is -3.68. The zero-order valence-corrected chi connectivity index (χ0v) is 26.9. The van der Waals surface area contributed by atoms with Gasteiger partial charge in [-0.3, -0.25) is 29.0 Å². The highest BCUT2D eigenvalue weighted by atomic mass is 16.5. The van der Waals surface area contributed by atoms with Crippen LogP contribution in [-0.2, 0) is 48.3 Å². The monoisotopic (exact) mass is 651 g/mol. The number of hydrogen-bond acceptors (Lipinski definition) is 10. The van der Waals surface area contributed by atoms with Crippen molar-refractivity contribution in [2.75, 3.05) is 72.4 Å². The van der Waals surface area contributed by atoms with E-state index in [2.05, 4.69) is 34.1 Å². The van der Waals surface area contributed by atoms with Gasteiger partial charge in [0.15, 0.2) is 5.78 Å². The van der Waals surface area contributed by atoms with Crippen LogP contribution in [0.4, 0.5) is 0 Å².